The Morgan fingerprint density at radius 2 is 2.00 bits per heavy atom. The monoisotopic (exact) mass is 337 g/mol. The lowest BCUT2D eigenvalue weighted by atomic mass is 9.90. The van der Waals surface area contributed by atoms with Crippen molar-refractivity contribution < 1.29 is 9.53 Å². The number of fused-ring (bicyclic) bond motifs is 1. The molecule has 0 unspecified atom stereocenters. The lowest BCUT2D eigenvalue weighted by molar-refractivity contribution is -0.116. The van der Waals surface area contributed by atoms with E-state index in [2.05, 4.69) is 27.3 Å². The summed E-state index contributed by atoms with van der Waals surface area (Å²) in [7, 11) is 0. The number of carbonyl (C=O) groups excluding carboxylic acids is 1. The number of benzene rings is 1. The number of anilines is 1. The van der Waals surface area contributed by atoms with Gasteiger partial charge in [0.1, 0.15) is 5.75 Å². The van der Waals surface area contributed by atoms with Crippen molar-refractivity contribution in [1.29, 1.82) is 0 Å². The van der Waals surface area contributed by atoms with E-state index >= 15 is 0 Å². The van der Waals surface area contributed by atoms with Gasteiger partial charge in [-0.3, -0.25) is 4.79 Å². The molecule has 1 aromatic carbocycles. The third-order valence-electron chi connectivity index (χ3n) is 4.23. The molecule has 1 saturated carbocycles. The average molecular weight is 338 g/mol. The number of carbonyl (C=O) groups is 1. The normalized spacial score (nSPS) is 19.4. The van der Waals surface area contributed by atoms with E-state index in [9.17, 15) is 4.79 Å². The number of amides is 1. The van der Waals surface area contributed by atoms with Gasteiger partial charge in [-0.2, -0.15) is 0 Å². The molecule has 0 atom stereocenters. The zero-order valence-electron chi connectivity index (χ0n) is 11.6. The molecule has 4 heteroatoms. The predicted octanol–water partition coefficient (Wildman–Crippen LogP) is 4.29. The molecular formula is C16H20BrNO2. The van der Waals surface area contributed by atoms with Crippen molar-refractivity contribution in [3.63, 3.8) is 0 Å². The summed E-state index contributed by atoms with van der Waals surface area (Å²) in [6.07, 6.45) is 7.89. The Bertz CT molecular complexity index is 509. The number of rotatable bonds is 3. The minimum absolute atomic E-state index is 0.0855. The quantitative estimate of drug-likeness (QED) is 0.893. The van der Waals surface area contributed by atoms with Crippen LogP contribution in [0.4, 0.5) is 5.69 Å². The zero-order chi connectivity index (χ0) is 13.9. The van der Waals surface area contributed by atoms with E-state index in [-0.39, 0.29) is 5.91 Å². The van der Waals surface area contributed by atoms with Crippen LogP contribution in [0.1, 0.15) is 44.1 Å². The first-order chi connectivity index (χ1) is 9.72. The molecule has 1 amide bonds. The van der Waals surface area contributed by atoms with Crippen LogP contribution in [0.5, 0.6) is 5.75 Å². The molecule has 1 heterocycles. The molecule has 0 radical (unpaired) electrons. The van der Waals surface area contributed by atoms with E-state index in [1.807, 2.05) is 6.07 Å². The zero-order valence-corrected chi connectivity index (χ0v) is 13.2. The van der Waals surface area contributed by atoms with Crippen LogP contribution in [0.15, 0.2) is 16.6 Å². The van der Waals surface area contributed by atoms with Crippen molar-refractivity contribution in [3.05, 3.63) is 22.2 Å². The molecule has 1 aliphatic carbocycles. The highest BCUT2D eigenvalue weighted by Gasteiger charge is 2.21. The highest BCUT2D eigenvalue weighted by Crippen LogP contribution is 2.36. The maximum Gasteiger partial charge on any atom is 0.224 e. The van der Waals surface area contributed by atoms with Gasteiger partial charge in [0.15, 0.2) is 0 Å². The fourth-order valence-electron chi connectivity index (χ4n) is 3.10. The molecule has 3 nitrogen and oxygen atoms in total. The van der Waals surface area contributed by atoms with Gasteiger partial charge in [0.2, 0.25) is 5.91 Å². The summed E-state index contributed by atoms with van der Waals surface area (Å²) in [5, 5.41) is 2.96. The number of halogens is 1. The van der Waals surface area contributed by atoms with E-state index < -0.39 is 0 Å². The summed E-state index contributed by atoms with van der Waals surface area (Å²) in [6.45, 7) is 0.763. The van der Waals surface area contributed by atoms with Crippen molar-refractivity contribution in [3.8, 4) is 5.75 Å². The fraction of sp³-hybridized carbons (Fsp3) is 0.562. The summed E-state index contributed by atoms with van der Waals surface area (Å²) in [5.41, 5.74) is 2.04. The molecule has 1 aromatic rings. The van der Waals surface area contributed by atoms with Gasteiger partial charge in [-0.1, -0.05) is 35.2 Å². The molecular weight excluding hydrogens is 318 g/mol. The largest absolute Gasteiger partial charge is 0.491 e. The van der Waals surface area contributed by atoms with Gasteiger partial charge >= 0.3 is 0 Å². The second-order valence-electron chi connectivity index (χ2n) is 5.80. The number of hydrogen-bond donors (Lipinski definition) is 1. The Hall–Kier alpha value is -1.03. The smallest absolute Gasteiger partial charge is 0.224 e. The fourth-order valence-corrected chi connectivity index (χ4v) is 3.58. The summed E-state index contributed by atoms with van der Waals surface area (Å²) < 4.78 is 7.05. The highest BCUT2D eigenvalue weighted by molar-refractivity contribution is 9.10. The maximum absolute atomic E-state index is 11.6. The van der Waals surface area contributed by atoms with Crippen molar-refractivity contribution in [2.45, 2.75) is 44.9 Å². The summed E-state index contributed by atoms with van der Waals surface area (Å²) >= 11 is 3.53. The van der Waals surface area contributed by atoms with Gasteiger partial charge in [0, 0.05) is 10.9 Å². The van der Waals surface area contributed by atoms with Crippen molar-refractivity contribution in [2.75, 3.05) is 11.9 Å². The molecule has 1 aliphatic heterocycles. The van der Waals surface area contributed by atoms with Crippen LogP contribution in [-0.4, -0.2) is 12.5 Å². The van der Waals surface area contributed by atoms with Gasteiger partial charge in [-0.15, -0.1) is 0 Å². The highest BCUT2D eigenvalue weighted by atomic mass is 79.9. The van der Waals surface area contributed by atoms with E-state index in [1.165, 1.54) is 32.1 Å². The SMILES string of the molecule is O=C1CCc2cc(Br)cc(OCC3CCCCC3)c2N1. The van der Waals surface area contributed by atoms with Crippen LogP contribution in [0.25, 0.3) is 0 Å². The number of hydrogen-bond acceptors (Lipinski definition) is 2. The molecule has 0 saturated heterocycles. The van der Waals surface area contributed by atoms with Gasteiger partial charge in [0.05, 0.1) is 12.3 Å². The van der Waals surface area contributed by atoms with E-state index in [0.717, 1.165) is 34.5 Å². The van der Waals surface area contributed by atoms with Crippen LogP contribution in [0.2, 0.25) is 0 Å². The molecule has 0 bridgehead atoms. The molecule has 1 N–H and O–H groups in total. The lowest BCUT2D eigenvalue weighted by Crippen LogP contribution is -2.21. The molecule has 3 rings (SSSR count). The molecule has 2 aliphatic rings. The molecule has 108 valence electrons. The van der Waals surface area contributed by atoms with E-state index in [4.69, 9.17) is 4.74 Å². The summed E-state index contributed by atoms with van der Waals surface area (Å²) in [4.78, 5) is 11.6. The van der Waals surface area contributed by atoms with Gasteiger partial charge < -0.3 is 10.1 Å². The number of ether oxygens (including phenoxy) is 1. The van der Waals surface area contributed by atoms with Crippen molar-refractivity contribution >= 4 is 27.5 Å². The first kappa shape index (κ1) is 13.9. The topological polar surface area (TPSA) is 38.3 Å². The van der Waals surface area contributed by atoms with Gasteiger partial charge in [-0.25, -0.2) is 0 Å². The third kappa shape index (κ3) is 3.17. The number of nitrogens with one attached hydrogen (secondary N) is 1. The van der Waals surface area contributed by atoms with Crippen LogP contribution >= 0.6 is 15.9 Å². The van der Waals surface area contributed by atoms with Crippen LogP contribution in [0.3, 0.4) is 0 Å². The Balaban J connectivity index is 1.74. The predicted molar refractivity (Wildman–Crippen MR) is 83.2 cm³/mol. The van der Waals surface area contributed by atoms with Crippen LogP contribution in [0, 0.1) is 5.92 Å². The van der Waals surface area contributed by atoms with Crippen LogP contribution in [-0.2, 0) is 11.2 Å². The minimum atomic E-state index is 0.0855. The Kier molecular flexibility index (Phi) is 4.29. The van der Waals surface area contributed by atoms with Crippen LogP contribution < -0.4 is 10.1 Å². The summed E-state index contributed by atoms with van der Waals surface area (Å²) in [6, 6.07) is 4.04. The standard InChI is InChI=1S/C16H20BrNO2/c17-13-8-12-6-7-15(19)18-16(12)14(9-13)20-10-11-4-2-1-3-5-11/h8-9,11H,1-7,10H2,(H,18,19). The molecule has 20 heavy (non-hydrogen) atoms. The summed E-state index contributed by atoms with van der Waals surface area (Å²) in [5.74, 6) is 1.56. The maximum atomic E-state index is 11.6. The molecule has 0 aromatic heterocycles. The van der Waals surface area contributed by atoms with E-state index in [1.54, 1.807) is 0 Å². The Labute approximate surface area is 128 Å². The Morgan fingerprint density at radius 3 is 2.80 bits per heavy atom. The van der Waals surface area contributed by atoms with Crippen molar-refractivity contribution in [1.82, 2.24) is 0 Å². The molecule has 1 fully saturated rings. The number of aryl methyl sites for hydroxylation is 1. The van der Waals surface area contributed by atoms with Gasteiger partial charge in [0.25, 0.3) is 0 Å². The van der Waals surface area contributed by atoms with Crippen molar-refractivity contribution in [2.24, 2.45) is 5.92 Å². The first-order valence-corrected chi connectivity index (χ1v) is 8.27. The lowest BCUT2D eigenvalue weighted by Gasteiger charge is -2.24. The average Bonchev–Trinajstić information content (AvgIpc) is 2.46. The minimum Gasteiger partial charge on any atom is -0.491 e. The second-order valence-corrected chi connectivity index (χ2v) is 6.72. The third-order valence-corrected chi connectivity index (χ3v) is 4.69. The molecule has 0 spiro atoms. The van der Waals surface area contributed by atoms with Gasteiger partial charge in [-0.05, 0) is 42.9 Å². The second kappa shape index (κ2) is 6.17. The first-order valence-electron chi connectivity index (χ1n) is 7.47. The van der Waals surface area contributed by atoms with E-state index in [0.29, 0.717) is 12.3 Å². The Morgan fingerprint density at radius 1 is 1.20 bits per heavy atom.